The largest absolute Gasteiger partial charge is 0.478 e. The Labute approximate surface area is 191 Å². The van der Waals surface area contributed by atoms with Gasteiger partial charge in [0.25, 0.3) is 0 Å². The third-order valence-electron chi connectivity index (χ3n) is 7.73. The molecule has 0 spiro atoms. The third-order valence-corrected chi connectivity index (χ3v) is 7.73. The fraction of sp³-hybridized carbons (Fsp3) is 0.414. The van der Waals surface area contributed by atoms with Crippen LogP contribution in [0.4, 0.5) is 0 Å². The van der Waals surface area contributed by atoms with Gasteiger partial charge in [0.05, 0.1) is 11.3 Å². The van der Waals surface area contributed by atoms with E-state index in [9.17, 15) is 9.90 Å². The van der Waals surface area contributed by atoms with E-state index < -0.39 is 5.97 Å². The number of fused-ring (bicyclic) bond motifs is 1. The van der Waals surface area contributed by atoms with Crippen LogP contribution >= 0.6 is 0 Å². The van der Waals surface area contributed by atoms with Gasteiger partial charge in [0.2, 0.25) is 0 Å². The number of carbonyl (C=O) groups is 1. The maximum atomic E-state index is 11.7. The van der Waals surface area contributed by atoms with Crippen molar-refractivity contribution in [3.05, 3.63) is 77.0 Å². The lowest BCUT2D eigenvalue weighted by molar-refractivity contribution is 0.0697. The lowest BCUT2D eigenvalue weighted by atomic mass is 9.72. The summed E-state index contributed by atoms with van der Waals surface area (Å²) >= 11 is 0. The maximum absolute atomic E-state index is 11.7. The second-order valence-corrected chi connectivity index (χ2v) is 10.8. The number of nitrogens with zero attached hydrogens (tertiary/aromatic N) is 1. The van der Waals surface area contributed by atoms with Gasteiger partial charge in [-0.1, -0.05) is 51.5 Å². The molecular formula is C29H33NO2. The Morgan fingerprint density at radius 1 is 1.00 bits per heavy atom. The van der Waals surface area contributed by atoms with Crippen molar-refractivity contribution in [2.75, 3.05) is 0 Å². The number of benzene rings is 2. The van der Waals surface area contributed by atoms with E-state index in [2.05, 4.69) is 55.7 Å². The van der Waals surface area contributed by atoms with Crippen LogP contribution in [-0.2, 0) is 12.8 Å². The summed E-state index contributed by atoms with van der Waals surface area (Å²) in [6.07, 6.45) is 7.22. The Morgan fingerprint density at radius 2 is 1.78 bits per heavy atom. The van der Waals surface area contributed by atoms with Gasteiger partial charge < -0.3 is 9.67 Å². The lowest BCUT2D eigenvalue weighted by Gasteiger charge is -2.34. The van der Waals surface area contributed by atoms with E-state index in [1.54, 1.807) is 6.07 Å². The van der Waals surface area contributed by atoms with Gasteiger partial charge in [0, 0.05) is 11.4 Å². The number of aromatic carboxylic acids is 1. The van der Waals surface area contributed by atoms with Gasteiger partial charge in [-0.15, -0.1) is 0 Å². The van der Waals surface area contributed by atoms with Crippen molar-refractivity contribution in [1.29, 1.82) is 0 Å². The highest BCUT2D eigenvalue weighted by Gasteiger charge is 2.32. The van der Waals surface area contributed by atoms with Crippen LogP contribution in [0.25, 0.3) is 16.9 Å². The molecule has 2 aliphatic carbocycles. The summed E-state index contributed by atoms with van der Waals surface area (Å²) in [5.41, 5.74) is 8.15. The van der Waals surface area contributed by atoms with Crippen LogP contribution in [0.5, 0.6) is 0 Å². The average molecular weight is 428 g/mol. The van der Waals surface area contributed by atoms with Crippen LogP contribution in [0, 0.1) is 11.3 Å². The minimum atomic E-state index is -0.881. The summed E-state index contributed by atoms with van der Waals surface area (Å²) < 4.78 is 2.35. The van der Waals surface area contributed by atoms with Crippen molar-refractivity contribution in [3.8, 4) is 16.9 Å². The van der Waals surface area contributed by atoms with E-state index in [4.69, 9.17) is 0 Å². The van der Waals surface area contributed by atoms with Gasteiger partial charge in [-0.3, -0.25) is 0 Å². The molecule has 1 unspecified atom stereocenters. The van der Waals surface area contributed by atoms with Crippen molar-refractivity contribution in [1.82, 2.24) is 4.57 Å². The molecular weight excluding hydrogens is 394 g/mol. The fourth-order valence-corrected chi connectivity index (χ4v) is 5.42. The smallest absolute Gasteiger partial charge is 0.335 e. The Morgan fingerprint density at radius 3 is 2.47 bits per heavy atom. The van der Waals surface area contributed by atoms with Gasteiger partial charge >= 0.3 is 5.97 Å². The van der Waals surface area contributed by atoms with Crippen LogP contribution in [0.1, 0.15) is 79.6 Å². The zero-order chi connectivity index (χ0) is 22.5. The van der Waals surface area contributed by atoms with Crippen LogP contribution < -0.4 is 0 Å². The van der Waals surface area contributed by atoms with E-state index in [1.807, 2.05) is 18.2 Å². The fourth-order valence-electron chi connectivity index (χ4n) is 5.42. The van der Waals surface area contributed by atoms with Gasteiger partial charge in [-0.2, -0.15) is 0 Å². The van der Waals surface area contributed by atoms with E-state index in [0.29, 0.717) is 17.4 Å². The molecule has 1 aromatic heterocycles. The first-order chi connectivity index (χ1) is 15.3. The SMILES string of the molecule is CC(C)(C)C1CCc2cc(-c3cccc(C4CCC4)c3)n(-c3cccc(C(=O)O)c3)c2C1. The quantitative estimate of drug-likeness (QED) is 0.476. The number of carboxylic acids is 1. The number of aryl methyl sites for hydroxylation is 1. The van der Waals surface area contributed by atoms with E-state index in [0.717, 1.165) is 18.5 Å². The summed E-state index contributed by atoms with van der Waals surface area (Å²) in [5.74, 6) is 0.419. The number of hydrogen-bond donors (Lipinski definition) is 1. The highest BCUT2D eigenvalue weighted by Crippen LogP contribution is 2.42. The van der Waals surface area contributed by atoms with E-state index >= 15 is 0 Å². The molecule has 166 valence electrons. The predicted octanol–water partition coefficient (Wildman–Crippen LogP) is 7.26. The topological polar surface area (TPSA) is 42.2 Å². The molecule has 5 rings (SSSR count). The normalized spacial score (nSPS) is 18.8. The molecule has 0 amide bonds. The molecule has 1 atom stereocenters. The minimum absolute atomic E-state index is 0.250. The molecule has 3 nitrogen and oxygen atoms in total. The van der Waals surface area contributed by atoms with E-state index in [1.165, 1.54) is 53.8 Å². The van der Waals surface area contributed by atoms with Crippen molar-refractivity contribution < 1.29 is 9.90 Å². The summed E-state index contributed by atoms with van der Waals surface area (Å²) in [6.45, 7) is 7.01. The van der Waals surface area contributed by atoms with Gasteiger partial charge in [-0.05, 0) is 96.4 Å². The Kier molecular flexibility index (Phi) is 5.23. The van der Waals surface area contributed by atoms with Crippen LogP contribution in [0.2, 0.25) is 0 Å². The highest BCUT2D eigenvalue weighted by molar-refractivity contribution is 5.88. The maximum Gasteiger partial charge on any atom is 0.335 e. The Hall–Kier alpha value is -2.81. The average Bonchev–Trinajstić information content (AvgIpc) is 3.11. The second-order valence-electron chi connectivity index (χ2n) is 10.8. The summed E-state index contributed by atoms with van der Waals surface area (Å²) in [6, 6.07) is 18.8. The number of aromatic nitrogens is 1. The summed E-state index contributed by atoms with van der Waals surface area (Å²) in [7, 11) is 0. The predicted molar refractivity (Wildman–Crippen MR) is 130 cm³/mol. The second kappa shape index (κ2) is 7.95. The number of rotatable bonds is 4. The van der Waals surface area contributed by atoms with Gasteiger partial charge in [0.1, 0.15) is 0 Å². The van der Waals surface area contributed by atoms with Crippen LogP contribution in [0.3, 0.4) is 0 Å². The number of hydrogen-bond acceptors (Lipinski definition) is 1. The van der Waals surface area contributed by atoms with Crippen molar-refractivity contribution >= 4 is 5.97 Å². The molecule has 1 saturated carbocycles. The Balaban J connectivity index is 1.67. The molecule has 0 aliphatic heterocycles. The molecule has 2 aliphatic rings. The van der Waals surface area contributed by atoms with Crippen molar-refractivity contribution in [2.45, 2.75) is 65.2 Å². The van der Waals surface area contributed by atoms with Crippen LogP contribution in [-0.4, -0.2) is 15.6 Å². The lowest BCUT2D eigenvalue weighted by Crippen LogP contribution is -2.27. The molecule has 1 fully saturated rings. The molecule has 1 heterocycles. The van der Waals surface area contributed by atoms with Crippen LogP contribution in [0.15, 0.2) is 54.6 Å². The first-order valence-electron chi connectivity index (χ1n) is 12.0. The standard InChI is InChI=1S/C29H33NO2/c1-29(2,3)24-14-13-22-17-26(21-10-5-9-20(15-21)19-7-4-8-19)30(27(22)18-24)25-12-6-11-23(16-25)28(31)32/h5-6,9-12,15-17,19,24H,4,7-8,13-14,18H2,1-3H3,(H,31,32). The molecule has 0 bridgehead atoms. The highest BCUT2D eigenvalue weighted by atomic mass is 16.4. The minimum Gasteiger partial charge on any atom is -0.478 e. The summed E-state index contributed by atoms with van der Waals surface area (Å²) in [4.78, 5) is 11.7. The zero-order valence-corrected chi connectivity index (χ0v) is 19.4. The summed E-state index contributed by atoms with van der Waals surface area (Å²) in [5, 5.41) is 9.60. The molecule has 0 saturated heterocycles. The molecule has 0 radical (unpaired) electrons. The molecule has 3 heteroatoms. The van der Waals surface area contributed by atoms with Crippen molar-refractivity contribution in [3.63, 3.8) is 0 Å². The molecule has 3 aromatic rings. The zero-order valence-electron chi connectivity index (χ0n) is 19.4. The monoisotopic (exact) mass is 427 g/mol. The first-order valence-corrected chi connectivity index (χ1v) is 12.0. The molecule has 1 N–H and O–H groups in total. The van der Waals surface area contributed by atoms with Crippen molar-refractivity contribution in [2.24, 2.45) is 11.3 Å². The number of carboxylic acid groups (broad SMARTS) is 1. The van der Waals surface area contributed by atoms with Gasteiger partial charge in [-0.25, -0.2) is 4.79 Å². The van der Waals surface area contributed by atoms with Gasteiger partial charge in [0.15, 0.2) is 0 Å². The molecule has 32 heavy (non-hydrogen) atoms. The molecule has 2 aromatic carbocycles. The Bertz CT molecular complexity index is 1160. The third kappa shape index (κ3) is 3.79. The van der Waals surface area contributed by atoms with E-state index in [-0.39, 0.29) is 5.41 Å². The first kappa shape index (κ1) is 21.1.